The van der Waals surface area contributed by atoms with Gasteiger partial charge >= 0.3 is 0 Å². The first-order chi connectivity index (χ1) is 68.5. The Morgan fingerprint density at radius 1 is 0.350 bits per heavy atom. The van der Waals surface area contributed by atoms with Gasteiger partial charge in [0.1, 0.15) is 87.8 Å². The summed E-state index contributed by atoms with van der Waals surface area (Å²) in [5, 5.41) is 145. The maximum Gasteiger partial charge on any atom is 0.225 e. The van der Waals surface area contributed by atoms with E-state index < -0.39 is 120 Å². The second kappa shape index (κ2) is 46.7. The minimum Gasteiger partial charge on any atom is -0.494 e. The summed E-state index contributed by atoms with van der Waals surface area (Å²) in [6, 6.07) is 65.5. The van der Waals surface area contributed by atoms with Crippen molar-refractivity contribution in [1.29, 1.82) is 0 Å². The van der Waals surface area contributed by atoms with Crippen LogP contribution in [0.1, 0.15) is 173 Å². The largest absolute Gasteiger partial charge is 0.494 e. The SMILES string of the molecule is CCOc1ccc(Cc2cc(C3CCC(O)C(CO)S3)c(C)cc2C)cc1.CCOc1ccc(Cc2cc([C@@]34OC[C@@](CO)(C[C@H](O)[C@H]3O)O4)ccc2Cl)cc1.CCOc1ccc(Cc2cc([C@]34C[C@@H](O)[C@H](O)[C@](CO)(CO3)O4)ccc2Cl)cc1.CCOc1ccc(Cc2cc([C@]34OC[C@](C)(O3)[C@@H](O)[C@H](O)[C@H]4O)ccc2Cl)cc1.CCOc1ccc(Cc2cc([C@]34OC[C@](CO)(O3)[C@@H](O)C[C@H]4O)ccc2Cl)cc1. The van der Waals surface area contributed by atoms with E-state index in [9.17, 15) is 71.5 Å². The van der Waals surface area contributed by atoms with E-state index in [4.69, 9.17) is 108 Å². The summed E-state index contributed by atoms with van der Waals surface area (Å²) >= 11 is 27.4. The Morgan fingerprint density at radius 2 is 0.741 bits per heavy atom. The normalized spacial score (nSPS) is 30.0. The molecule has 10 aromatic carbocycles. The highest BCUT2D eigenvalue weighted by molar-refractivity contribution is 8.00. The van der Waals surface area contributed by atoms with Gasteiger partial charge in [0.25, 0.3) is 0 Å². The number of hydrogen-bond acceptors (Lipinski definition) is 28. The Hall–Kier alpha value is -8.17. The predicted molar refractivity (Wildman–Crippen MR) is 541 cm³/mol. The molecule has 0 aromatic heterocycles. The Kier molecular flexibility index (Phi) is 35.6. The van der Waals surface area contributed by atoms with Gasteiger partial charge in [-0.1, -0.05) is 143 Å². The van der Waals surface area contributed by atoms with Crippen molar-refractivity contribution in [3.8, 4) is 28.7 Å². The summed E-state index contributed by atoms with van der Waals surface area (Å²) in [6.45, 7) is 17.9. The highest BCUT2D eigenvalue weighted by Crippen LogP contribution is 2.56. The first-order valence-electron chi connectivity index (χ1n) is 48.7. The van der Waals surface area contributed by atoms with E-state index in [1.54, 1.807) is 67.2 Å². The Balaban J connectivity index is 0.000000135. The van der Waals surface area contributed by atoms with Crippen LogP contribution in [0.4, 0.5) is 0 Å². The molecule has 19 rings (SSSR count). The molecule has 9 aliphatic heterocycles. The Labute approximate surface area is 857 Å². The van der Waals surface area contributed by atoms with Crippen molar-refractivity contribution in [2.75, 3.05) is 85.9 Å². The molecule has 770 valence electrons. The van der Waals surface area contributed by atoms with Crippen molar-refractivity contribution in [3.05, 3.63) is 321 Å². The molecule has 32 heteroatoms. The summed E-state index contributed by atoms with van der Waals surface area (Å²) in [5.74, 6) is -1.58. The molecule has 8 bridgehead atoms. The first kappa shape index (κ1) is 109. The number of benzene rings is 10. The van der Waals surface area contributed by atoms with Gasteiger partial charge in [-0.3, -0.25) is 0 Å². The van der Waals surface area contributed by atoms with Gasteiger partial charge in [-0.15, -0.1) is 11.8 Å². The minimum atomic E-state index is -1.55. The topological polar surface area (TPSA) is 403 Å². The van der Waals surface area contributed by atoms with Gasteiger partial charge in [-0.2, -0.15) is 0 Å². The Bertz CT molecular complexity index is 5810. The molecule has 10 aromatic rings. The smallest absolute Gasteiger partial charge is 0.225 e. The van der Waals surface area contributed by atoms with Crippen molar-refractivity contribution < 1.29 is 133 Å². The third kappa shape index (κ3) is 23.5. The number of rotatable bonds is 29. The lowest BCUT2D eigenvalue weighted by Crippen LogP contribution is -2.63. The summed E-state index contributed by atoms with van der Waals surface area (Å²) in [5.41, 5.74) is 11.9. The molecule has 9 fully saturated rings. The number of aliphatic hydroxyl groups excluding tert-OH is 14. The van der Waals surface area contributed by atoms with E-state index in [1.807, 2.05) is 168 Å². The maximum atomic E-state index is 10.7. The molecule has 143 heavy (non-hydrogen) atoms. The van der Waals surface area contributed by atoms with E-state index in [0.717, 1.165) is 92.5 Å². The molecule has 9 aliphatic rings. The van der Waals surface area contributed by atoms with Gasteiger partial charge in [0.2, 0.25) is 17.4 Å². The zero-order chi connectivity index (χ0) is 102. The molecule has 9 saturated heterocycles. The van der Waals surface area contributed by atoms with Gasteiger partial charge in [0, 0.05) is 66.9 Å². The lowest BCUT2D eigenvalue weighted by molar-refractivity contribution is -0.322. The number of aliphatic hydroxyl groups is 14. The van der Waals surface area contributed by atoms with Crippen molar-refractivity contribution in [2.45, 2.75) is 237 Å². The standard InChI is InChI=1S/C23H30O3S.4C22H25ClO6/c1-4-26-19-7-5-17(6-8-19)12-18-13-20(16(3)11-15(18)2)22-10-9-21(25)23(14-24)27-22;1-3-27-16-7-4-13(5-8-16)10-14-11-15(6-9-17(14)23)22-20(26)18(24)19(25)21(2,29-22)12-28-22;1-2-27-17-6-3-14(4-7-17)9-15-10-16(5-8-18(15)23)22-11-19(25)20(26)21(12-24,29-22)13-28-22;1-2-27-17-6-3-14(4-7-17)9-15-10-16(5-8-18(15)23)22-20(26)19(25)11-21(12-24,29-22)13-28-22;1-2-27-17-6-3-14(4-7-17)9-15-10-16(5-8-18(15)23)22-20(26)11-19(25)21(12-24,29-22)13-28-22/h5-8,11,13,21-25H,4,9-10,12,14H2,1-3H3;4-9,11,18-20,24-26H,3,10,12H2,1-2H3;3*3-8,10,19-20,24-26H,2,9,11-13H2,1H3/t;18-,19-,20+,21-,22-;19-,20+,21+,22-;2*19-,20+,21-,22-/m.0100/s1. The molecule has 14 N–H and O–H groups in total. The van der Waals surface area contributed by atoms with Crippen LogP contribution >= 0.6 is 58.2 Å². The summed E-state index contributed by atoms with van der Waals surface area (Å²) in [7, 11) is 0. The first-order valence-corrected chi connectivity index (χ1v) is 51.1. The van der Waals surface area contributed by atoms with Gasteiger partial charge in [-0.25, -0.2) is 0 Å². The fraction of sp³-hybridized carbons (Fsp3) is 0.459. The van der Waals surface area contributed by atoms with Gasteiger partial charge in [0.05, 0.1) is 116 Å². The fourth-order valence-corrected chi connectivity index (χ4v) is 22.3. The quantitative estimate of drug-likeness (QED) is 0.0207. The van der Waals surface area contributed by atoms with E-state index in [0.29, 0.717) is 106 Å². The van der Waals surface area contributed by atoms with Crippen molar-refractivity contribution >= 4 is 58.2 Å². The van der Waals surface area contributed by atoms with Crippen LogP contribution in [0.3, 0.4) is 0 Å². The third-order valence-electron chi connectivity index (χ3n) is 28.1. The van der Waals surface area contributed by atoms with Crippen LogP contribution in [0.15, 0.2) is 206 Å². The molecule has 0 saturated carbocycles. The van der Waals surface area contributed by atoms with Crippen LogP contribution in [0, 0.1) is 13.8 Å². The summed E-state index contributed by atoms with van der Waals surface area (Å²) in [6.07, 6.45) is -6.01. The zero-order valence-corrected chi connectivity index (χ0v) is 85.2. The lowest BCUT2D eigenvalue weighted by Gasteiger charge is -2.45. The number of hydrogen-bond donors (Lipinski definition) is 14. The highest BCUT2D eigenvalue weighted by Gasteiger charge is 2.68. The molecule has 0 radical (unpaired) electrons. The van der Waals surface area contributed by atoms with Gasteiger partial charge in [0.15, 0.2) is 5.79 Å². The molecule has 27 nitrogen and oxygen atoms in total. The minimum absolute atomic E-state index is 0.00141. The average Bonchev–Trinajstić information content (AvgIpc) is 1.56. The number of aryl methyl sites for hydroxylation is 2. The molecule has 3 unspecified atom stereocenters. The molecular weight excluding hydrogens is 1940 g/mol. The molecule has 0 aliphatic carbocycles. The van der Waals surface area contributed by atoms with E-state index >= 15 is 0 Å². The van der Waals surface area contributed by atoms with E-state index in [2.05, 4.69) is 38.1 Å². The van der Waals surface area contributed by atoms with Gasteiger partial charge < -0.3 is 133 Å². The second-order valence-corrected chi connectivity index (χ2v) is 41.2. The monoisotopic (exact) mass is 2070 g/mol. The van der Waals surface area contributed by atoms with Crippen LogP contribution < -0.4 is 23.7 Å². The number of thioether (sulfide) groups is 1. The average molecular weight is 2070 g/mol. The van der Waals surface area contributed by atoms with Crippen LogP contribution in [0.25, 0.3) is 0 Å². The predicted octanol–water partition coefficient (Wildman–Crippen LogP) is 14.1. The molecule has 0 amide bonds. The van der Waals surface area contributed by atoms with Crippen LogP contribution in [-0.4, -0.2) is 246 Å². The van der Waals surface area contributed by atoms with Crippen LogP contribution in [0.2, 0.25) is 20.1 Å². The van der Waals surface area contributed by atoms with Crippen molar-refractivity contribution in [1.82, 2.24) is 0 Å². The van der Waals surface area contributed by atoms with E-state index in [1.165, 1.54) is 27.8 Å². The zero-order valence-electron chi connectivity index (χ0n) is 81.3. The maximum absolute atomic E-state index is 10.7. The fourth-order valence-electron chi connectivity index (χ4n) is 20.0. The highest BCUT2D eigenvalue weighted by atomic mass is 35.5. The van der Waals surface area contributed by atoms with Crippen molar-refractivity contribution in [3.63, 3.8) is 0 Å². The van der Waals surface area contributed by atoms with Crippen molar-refractivity contribution in [2.24, 2.45) is 0 Å². The molecule has 0 spiro atoms. The van der Waals surface area contributed by atoms with E-state index in [-0.39, 0.29) is 64.2 Å². The lowest BCUT2D eigenvalue weighted by atomic mass is 9.84. The number of ether oxygens (including phenoxy) is 13. The van der Waals surface area contributed by atoms with Crippen LogP contribution in [0.5, 0.6) is 28.7 Å². The summed E-state index contributed by atoms with van der Waals surface area (Å²) in [4.78, 5) is 0. The summed E-state index contributed by atoms with van der Waals surface area (Å²) < 4.78 is 75.0. The van der Waals surface area contributed by atoms with Gasteiger partial charge in [-0.05, 0) is 282 Å². The molecule has 20 atom stereocenters. The third-order valence-corrected chi connectivity index (χ3v) is 31.2. The molecular formula is C111H130Cl4O27S. The molecule has 9 heterocycles. The number of fused-ring (bicyclic) bond motifs is 8. The Morgan fingerprint density at radius 3 is 1.17 bits per heavy atom. The van der Waals surface area contributed by atoms with Crippen LogP contribution in [-0.2, 0) is 93.1 Å². The second-order valence-electron chi connectivity index (χ2n) is 38.1. The number of halogens is 4.